The van der Waals surface area contributed by atoms with Crippen LogP contribution in [0.4, 0.5) is 8.78 Å². The van der Waals surface area contributed by atoms with Crippen LogP contribution < -0.4 is 4.57 Å². The zero-order chi connectivity index (χ0) is 19.4. The summed E-state index contributed by atoms with van der Waals surface area (Å²) in [5.41, 5.74) is 3.35. The molecule has 0 aliphatic rings. The lowest BCUT2D eigenvalue weighted by molar-refractivity contribution is -0.659. The molecular formula is C22H16F2N3O+. The minimum absolute atomic E-state index is 0.0353. The van der Waals surface area contributed by atoms with Crippen LogP contribution in [-0.2, 0) is 7.05 Å². The maximum absolute atomic E-state index is 14.5. The van der Waals surface area contributed by atoms with E-state index < -0.39 is 11.8 Å². The minimum Gasteiger partial charge on any atom is -0.437 e. The van der Waals surface area contributed by atoms with Gasteiger partial charge in [0.05, 0.1) is 18.0 Å². The molecule has 0 bridgehead atoms. The summed E-state index contributed by atoms with van der Waals surface area (Å²) in [6.45, 7) is 1.97. The summed E-state index contributed by atoms with van der Waals surface area (Å²) in [6.07, 6.45) is 3.95. The van der Waals surface area contributed by atoms with Crippen molar-refractivity contribution < 1.29 is 17.8 Å². The van der Waals surface area contributed by atoms with Gasteiger partial charge in [-0.25, -0.2) is 8.96 Å². The molecular weight excluding hydrogens is 360 g/mol. The second-order valence-corrected chi connectivity index (χ2v) is 6.81. The van der Waals surface area contributed by atoms with Crippen LogP contribution in [0, 0.1) is 18.7 Å². The second kappa shape index (κ2) is 5.99. The molecule has 0 amide bonds. The van der Waals surface area contributed by atoms with Crippen LogP contribution in [-0.4, -0.2) is 9.55 Å². The first-order valence-electron chi connectivity index (χ1n) is 8.84. The van der Waals surface area contributed by atoms with Crippen molar-refractivity contribution in [2.24, 2.45) is 7.05 Å². The standard InChI is InChI=1S/C22H16F2N3O/c1-13-10-18-16(20-17(23)12-19(24)25-21(20)28-18)11-15(13)22-26(2)8-9-27(22)14-6-4-3-5-7-14/h3-12H,1-2H3/q+1. The van der Waals surface area contributed by atoms with Crippen molar-refractivity contribution in [1.29, 1.82) is 0 Å². The van der Waals surface area contributed by atoms with E-state index in [4.69, 9.17) is 4.42 Å². The first-order valence-corrected chi connectivity index (χ1v) is 8.84. The first kappa shape index (κ1) is 16.6. The summed E-state index contributed by atoms with van der Waals surface area (Å²) >= 11 is 0. The molecule has 0 atom stereocenters. The summed E-state index contributed by atoms with van der Waals surface area (Å²) < 4.78 is 37.6. The van der Waals surface area contributed by atoms with E-state index >= 15 is 0 Å². The Hall–Kier alpha value is -3.54. The maximum Gasteiger partial charge on any atom is 0.294 e. The van der Waals surface area contributed by atoms with Crippen molar-refractivity contribution in [3.05, 3.63) is 78.3 Å². The molecule has 3 aromatic heterocycles. The first-order chi connectivity index (χ1) is 13.5. The Balaban J connectivity index is 1.83. The molecule has 0 aliphatic carbocycles. The maximum atomic E-state index is 14.5. The summed E-state index contributed by atoms with van der Waals surface area (Å²) in [6, 6.07) is 14.5. The number of imidazole rings is 1. The summed E-state index contributed by atoms with van der Waals surface area (Å²) in [5.74, 6) is -0.639. The number of hydrogen-bond donors (Lipinski definition) is 0. The van der Waals surface area contributed by atoms with Crippen LogP contribution >= 0.6 is 0 Å². The molecule has 3 heterocycles. The van der Waals surface area contributed by atoms with Crippen LogP contribution in [0.25, 0.3) is 39.1 Å². The number of aryl methyl sites for hydroxylation is 2. The Bertz CT molecular complexity index is 1350. The fourth-order valence-corrected chi connectivity index (χ4v) is 3.68. The highest BCUT2D eigenvalue weighted by Gasteiger charge is 2.23. The molecule has 2 aromatic carbocycles. The largest absolute Gasteiger partial charge is 0.437 e. The lowest BCUT2D eigenvalue weighted by Crippen LogP contribution is -2.29. The third-order valence-corrected chi connectivity index (χ3v) is 4.99. The summed E-state index contributed by atoms with van der Waals surface area (Å²) in [4.78, 5) is 3.69. The predicted molar refractivity (Wildman–Crippen MR) is 102 cm³/mol. The van der Waals surface area contributed by atoms with E-state index in [0.29, 0.717) is 11.0 Å². The molecule has 6 heteroatoms. The lowest BCUT2D eigenvalue weighted by Gasteiger charge is -2.06. The number of pyridine rings is 1. The molecule has 0 radical (unpaired) electrons. The number of benzene rings is 2. The van der Waals surface area contributed by atoms with Crippen molar-refractivity contribution >= 4 is 22.1 Å². The van der Waals surface area contributed by atoms with Gasteiger partial charge in [0.15, 0.2) is 0 Å². The van der Waals surface area contributed by atoms with Gasteiger partial charge in [0.1, 0.15) is 29.5 Å². The van der Waals surface area contributed by atoms with Gasteiger partial charge in [-0.2, -0.15) is 13.9 Å². The van der Waals surface area contributed by atoms with Crippen LogP contribution in [0.5, 0.6) is 0 Å². The van der Waals surface area contributed by atoms with Gasteiger partial charge >= 0.3 is 0 Å². The van der Waals surface area contributed by atoms with E-state index in [-0.39, 0.29) is 11.1 Å². The number of nitrogens with zero attached hydrogens (tertiary/aromatic N) is 3. The summed E-state index contributed by atoms with van der Waals surface area (Å²) in [7, 11) is 1.96. The van der Waals surface area contributed by atoms with Gasteiger partial charge in [-0.1, -0.05) is 18.2 Å². The normalized spacial score (nSPS) is 11.6. The van der Waals surface area contributed by atoms with E-state index in [1.54, 1.807) is 0 Å². The Morgan fingerprint density at radius 3 is 2.64 bits per heavy atom. The molecule has 5 rings (SSSR count). The van der Waals surface area contributed by atoms with Gasteiger partial charge in [-0.05, 0) is 36.8 Å². The Labute approximate surface area is 159 Å². The van der Waals surface area contributed by atoms with Gasteiger partial charge in [0.2, 0.25) is 11.7 Å². The molecule has 0 unspecified atom stereocenters. The molecule has 0 saturated heterocycles. The monoisotopic (exact) mass is 376 g/mol. The Morgan fingerprint density at radius 2 is 1.86 bits per heavy atom. The van der Waals surface area contributed by atoms with E-state index in [0.717, 1.165) is 28.7 Å². The smallest absolute Gasteiger partial charge is 0.294 e. The highest BCUT2D eigenvalue weighted by molar-refractivity contribution is 6.05. The molecule has 0 spiro atoms. The number of halogens is 2. The average molecular weight is 376 g/mol. The highest BCUT2D eigenvalue weighted by Crippen LogP contribution is 2.35. The van der Waals surface area contributed by atoms with Gasteiger partial charge in [-0.3, -0.25) is 0 Å². The van der Waals surface area contributed by atoms with Gasteiger partial charge in [-0.15, -0.1) is 0 Å². The SMILES string of the molecule is Cc1cc2oc3nc(F)cc(F)c3c2cc1-c1n(-c2ccccc2)cc[n+]1C. The van der Waals surface area contributed by atoms with Gasteiger partial charge < -0.3 is 4.42 Å². The van der Waals surface area contributed by atoms with Gasteiger partial charge in [0.25, 0.3) is 5.82 Å². The number of rotatable bonds is 2. The van der Waals surface area contributed by atoms with E-state index in [2.05, 4.69) is 9.55 Å². The zero-order valence-corrected chi connectivity index (χ0v) is 15.3. The van der Waals surface area contributed by atoms with E-state index in [1.165, 1.54) is 0 Å². The highest BCUT2D eigenvalue weighted by atomic mass is 19.1. The number of para-hydroxylation sites is 1. The van der Waals surface area contributed by atoms with Crippen LogP contribution in [0.2, 0.25) is 0 Å². The Morgan fingerprint density at radius 1 is 1.07 bits per heavy atom. The van der Waals surface area contributed by atoms with Gasteiger partial charge in [0, 0.05) is 11.5 Å². The fraction of sp³-hybridized carbons (Fsp3) is 0.0909. The van der Waals surface area contributed by atoms with Crippen LogP contribution in [0.1, 0.15) is 5.56 Å². The average Bonchev–Trinajstić information content (AvgIpc) is 3.21. The third kappa shape index (κ3) is 2.41. The number of hydrogen-bond acceptors (Lipinski definition) is 2. The number of fused-ring (bicyclic) bond motifs is 3. The minimum atomic E-state index is -0.898. The predicted octanol–water partition coefficient (Wildman–Crippen LogP) is 4.85. The Kier molecular flexibility index (Phi) is 3.55. The second-order valence-electron chi connectivity index (χ2n) is 6.81. The molecule has 0 N–H and O–H groups in total. The van der Waals surface area contributed by atoms with Crippen molar-refractivity contribution in [2.45, 2.75) is 6.92 Å². The number of furan rings is 1. The number of aromatic nitrogens is 3. The fourth-order valence-electron chi connectivity index (χ4n) is 3.68. The lowest BCUT2D eigenvalue weighted by atomic mass is 10.0. The van der Waals surface area contributed by atoms with Crippen LogP contribution in [0.15, 0.2) is 65.3 Å². The molecule has 0 aliphatic heterocycles. The van der Waals surface area contributed by atoms with E-state index in [9.17, 15) is 8.78 Å². The molecule has 0 fully saturated rings. The van der Waals surface area contributed by atoms with Crippen molar-refractivity contribution in [1.82, 2.24) is 9.55 Å². The van der Waals surface area contributed by atoms with Crippen molar-refractivity contribution in [2.75, 3.05) is 0 Å². The quantitative estimate of drug-likeness (QED) is 0.326. The van der Waals surface area contributed by atoms with Crippen molar-refractivity contribution in [3.63, 3.8) is 0 Å². The van der Waals surface area contributed by atoms with Crippen molar-refractivity contribution in [3.8, 4) is 17.1 Å². The molecule has 138 valence electrons. The van der Waals surface area contributed by atoms with E-state index in [1.807, 2.05) is 73.4 Å². The molecule has 4 nitrogen and oxygen atoms in total. The summed E-state index contributed by atoms with van der Waals surface area (Å²) in [5, 5.41) is 0.763. The zero-order valence-electron chi connectivity index (χ0n) is 15.3. The third-order valence-electron chi connectivity index (χ3n) is 4.99. The molecule has 5 aromatic rings. The van der Waals surface area contributed by atoms with Crippen LogP contribution in [0.3, 0.4) is 0 Å². The topological polar surface area (TPSA) is 34.8 Å². The molecule has 0 saturated carbocycles. The molecule has 28 heavy (non-hydrogen) atoms.